The quantitative estimate of drug-likeness (QED) is 0.764. The number of nitrogens with zero attached hydrogens (tertiary/aromatic N) is 1. The van der Waals surface area contributed by atoms with Gasteiger partial charge in [0.25, 0.3) is 0 Å². The van der Waals surface area contributed by atoms with Crippen LogP contribution in [0.5, 0.6) is 0 Å². The highest BCUT2D eigenvalue weighted by Gasteiger charge is 2.17. The molecule has 0 aliphatic heterocycles. The van der Waals surface area contributed by atoms with E-state index in [1.807, 2.05) is 0 Å². The highest BCUT2D eigenvalue weighted by molar-refractivity contribution is 9.10. The third-order valence-corrected chi connectivity index (χ3v) is 5.66. The number of hydrogen-bond donors (Lipinski definition) is 1. The van der Waals surface area contributed by atoms with E-state index in [1.54, 1.807) is 24.3 Å². The average Bonchev–Trinajstić information content (AvgIpc) is 2.35. The van der Waals surface area contributed by atoms with Crippen molar-refractivity contribution in [1.29, 1.82) is 0 Å². The van der Waals surface area contributed by atoms with Crippen LogP contribution >= 0.6 is 15.9 Å². The second kappa shape index (κ2) is 6.88. The molecule has 20 heavy (non-hydrogen) atoms. The van der Waals surface area contributed by atoms with E-state index < -0.39 is 20.0 Å². The van der Waals surface area contributed by atoms with Crippen molar-refractivity contribution in [3.8, 4) is 0 Å². The Bertz CT molecular complexity index is 642. The van der Waals surface area contributed by atoms with Crippen molar-refractivity contribution in [1.82, 2.24) is 4.72 Å². The number of sulfonamides is 2. The molecule has 0 aliphatic carbocycles. The molecule has 1 rings (SSSR count). The Kier molecular flexibility index (Phi) is 5.99. The molecule has 0 atom stereocenters. The Morgan fingerprint density at radius 1 is 1.15 bits per heavy atom. The zero-order valence-corrected chi connectivity index (χ0v) is 14.4. The lowest BCUT2D eigenvalue weighted by atomic mass is 10.3. The number of rotatable bonds is 7. The maximum atomic E-state index is 11.8. The summed E-state index contributed by atoms with van der Waals surface area (Å²) in [6, 6.07) is 6.76. The van der Waals surface area contributed by atoms with Crippen LogP contribution in [0.4, 0.5) is 5.69 Å². The molecule has 0 fully saturated rings. The number of hydrogen-bond acceptors (Lipinski definition) is 4. The SMILES string of the molecule is CCS(=O)(=O)NCCN(c1ccc(Br)cc1)S(C)(=O)=O. The maximum Gasteiger partial charge on any atom is 0.232 e. The van der Waals surface area contributed by atoms with Crippen LogP contribution in [0.3, 0.4) is 0 Å². The summed E-state index contributed by atoms with van der Waals surface area (Å²) in [5.74, 6) is -0.0375. The number of benzene rings is 1. The van der Waals surface area contributed by atoms with E-state index in [0.29, 0.717) is 5.69 Å². The number of nitrogens with one attached hydrogen (secondary N) is 1. The molecule has 0 bridgehead atoms. The normalized spacial score (nSPS) is 12.3. The van der Waals surface area contributed by atoms with Gasteiger partial charge >= 0.3 is 0 Å². The van der Waals surface area contributed by atoms with Crippen molar-refractivity contribution in [3.05, 3.63) is 28.7 Å². The van der Waals surface area contributed by atoms with E-state index >= 15 is 0 Å². The first-order chi connectivity index (χ1) is 9.15. The first-order valence-electron chi connectivity index (χ1n) is 5.86. The van der Waals surface area contributed by atoms with Crippen molar-refractivity contribution in [2.45, 2.75) is 6.92 Å². The molecule has 0 saturated carbocycles. The minimum absolute atomic E-state index is 0.0271. The molecule has 0 aromatic heterocycles. The molecule has 0 radical (unpaired) electrons. The van der Waals surface area contributed by atoms with Gasteiger partial charge in [-0.25, -0.2) is 21.6 Å². The summed E-state index contributed by atoms with van der Waals surface area (Å²) in [7, 11) is -6.80. The summed E-state index contributed by atoms with van der Waals surface area (Å²) >= 11 is 3.27. The molecular formula is C11H17BrN2O4S2. The van der Waals surface area contributed by atoms with E-state index in [2.05, 4.69) is 20.7 Å². The largest absolute Gasteiger partial charge is 0.269 e. The van der Waals surface area contributed by atoms with E-state index in [-0.39, 0.29) is 18.8 Å². The van der Waals surface area contributed by atoms with Gasteiger partial charge in [0.05, 0.1) is 17.7 Å². The van der Waals surface area contributed by atoms with E-state index in [0.717, 1.165) is 15.0 Å². The summed E-state index contributed by atoms with van der Waals surface area (Å²) in [5, 5.41) is 0. The second-order valence-corrected chi connectivity index (χ2v) is 9.03. The second-order valence-electron chi connectivity index (χ2n) is 4.11. The molecule has 1 N–H and O–H groups in total. The van der Waals surface area contributed by atoms with Crippen LogP contribution in [0.1, 0.15) is 6.92 Å². The fourth-order valence-electron chi connectivity index (χ4n) is 1.50. The highest BCUT2D eigenvalue weighted by Crippen LogP contribution is 2.20. The third-order valence-electron chi connectivity index (χ3n) is 2.53. The molecule has 0 aliphatic rings. The third kappa shape index (κ3) is 5.39. The van der Waals surface area contributed by atoms with E-state index in [9.17, 15) is 16.8 Å². The predicted octanol–water partition coefficient (Wildman–Crippen LogP) is 1.15. The number of anilines is 1. The van der Waals surface area contributed by atoms with Crippen LogP contribution in [0.15, 0.2) is 28.7 Å². The Morgan fingerprint density at radius 3 is 2.15 bits per heavy atom. The molecule has 0 saturated heterocycles. The van der Waals surface area contributed by atoms with Crippen molar-refractivity contribution in [3.63, 3.8) is 0 Å². The molecule has 9 heteroatoms. The van der Waals surface area contributed by atoms with Gasteiger partial charge in [0, 0.05) is 17.6 Å². The van der Waals surface area contributed by atoms with E-state index in [4.69, 9.17) is 0 Å². The van der Waals surface area contributed by atoms with Crippen molar-refractivity contribution >= 4 is 41.7 Å². The predicted molar refractivity (Wildman–Crippen MR) is 83.8 cm³/mol. The van der Waals surface area contributed by atoms with Crippen molar-refractivity contribution in [2.75, 3.05) is 29.4 Å². The van der Waals surface area contributed by atoms with E-state index in [1.165, 1.54) is 6.92 Å². The van der Waals surface area contributed by atoms with Gasteiger partial charge in [0.1, 0.15) is 0 Å². The first-order valence-corrected chi connectivity index (χ1v) is 10.2. The smallest absolute Gasteiger partial charge is 0.232 e. The van der Waals surface area contributed by atoms with Crippen LogP contribution in [-0.2, 0) is 20.0 Å². The molecule has 0 spiro atoms. The molecule has 0 heterocycles. The Balaban J connectivity index is 2.85. The van der Waals surface area contributed by atoms with Crippen molar-refractivity contribution in [2.24, 2.45) is 0 Å². The minimum atomic E-state index is -3.47. The summed E-state index contributed by atoms with van der Waals surface area (Å²) < 4.78 is 50.6. The van der Waals surface area contributed by atoms with Crippen LogP contribution < -0.4 is 9.03 Å². The Labute approximate surface area is 128 Å². The molecular weight excluding hydrogens is 368 g/mol. The molecule has 0 unspecified atom stereocenters. The van der Waals surface area contributed by atoms with Gasteiger partial charge in [-0.2, -0.15) is 0 Å². The summed E-state index contributed by atoms with van der Waals surface area (Å²) in [4.78, 5) is 0. The van der Waals surface area contributed by atoms with Gasteiger partial charge in [-0.1, -0.05) is 15.9 Å². The minimum Gasteiger partial charge on any atom is -0.269 e. The molecule has 6 nitrogen and oxygen atoms in total. The topological polar surface area (TPSA) is 83.6 Å². The monoisotopic (exact) mass is 384 g/mol. The standard InChI is InChI=1S/C11H17BrN2O4S2/c1-3-20(17,18)13-8-9-14(19(2,15)16)11-6-4-10(12)5-7-11/h4-7,13H,3,8-9H2,1-2H3. The zero-order chi connectivity index (χ0) is 15.4. The van der Waals surface area contributed by atoms with Crippen LogP contribution in [0.2, 0.25) is 0 Å². The number of halogens is 1. The maximum absolute atomic E-state index is 11.8. The van der Waals surface area contributed by atoms with Crippen LogP contribution in [0, 0.1) is 0 Å². The Morgan fingerprint density at radius 2 is 1.70 bits per heavy atom. The van der Waals surface area contributed by atoms with Crippen molar-refractivity contribution < 1.29 is 16.8 Å². The first kappa shape index (κ1) is 17.4. The highest BCUT2D eigenvalue weighted by atomic mass is 79.9. The van der Waals surface area contributed by atoms with Gasteiger partial charge in [-0.15, -0.1) is 0 Å². The zero-order valence-electron chi connectivity index (χ0n) is 11.2. The lowest BCUT2D eigenvalue weighted by molar-refractivity contribution is 0.579. The summed E-state index contributed by atoms with van der Waals surface area (Å²) in [6.07, 6.45) is 1.09. The van der Waals surface area contributed by atoms with Crippen LogP contribution in [-0.4, -0.2) is 41.9 Å². The van der Waals surface area contributed by atoms with Gasteiger partial charge in [-0.05, 0) is 31.2 Å². The summed E-state index contributed by atoms with van der Waals surface area (Å²) in [5.41, 5.74) is 0.492. The van der Waals surface area contributed by atoms with Gasteiger partial charge < -0.3 is 0 Å². The molecule has 0 amide bonds. The lowest BCUT2D eigenvalue weighted by Crippen LogP contribution is -2.38. The fourth-order valence-corrected chi connectivity index (χ4v) is 3.30. The Hall–Kier alpha value is -0.640. The molecule has 1 aromatic carbocycles. The fraction of sp³-hybridized carbons (Fsp3) is 0.455. The average molecular weight is 385 g/mol. The molecule has 114 valence electrons. The van der Waals surface area contributed by atoms with Gasteiger partial charge in [0.15, 0.2) is 0 Å². The summed E-state index contributed by atoms with van der Waals surface area (Å²) in [6.45, 7) is 1.59. The lowest BCUT2D eigenvalue weighted by Gasteiger charge is -2.22. The van der Waals surface area contributed by atoms with Gasteiger partial charge in [0.2, 0.25) is 20.0 Å². The molecule has 1 aromatic rings. The van der Waals surface area contributed by atoms with Crippen LogP contribution in [0.25, 0.3) is 0 Å². The van der Waals surface area contributed by atoms with Gasteiger partial charge in [-0.3, -0.25) is 4.31 Å².